The molecule has 2 aliphatic rings. The summed E-state index contributed by atoms with van der Waals surface area (Å²) < 4.78 is 0. The molecular formula is C15H29NO. The lowest BCUT2D eigenvalue weighted by Gasteiger charge is -2.48. The van der Waals surface area contributed by atoms with Gasteiger partial charge in [0.15, 0.2) is 0 Å². The Morgan fingerprint density at radius 1 is 1.18 bits per heavy atom. The molecule has 0 amide bonds. The van der Waals surface area contributed by atoms with E-state index in [1.54, 1.807) is 0 Å². The molecule has 0 aromatic carbocycles. The van der Waals surface area contributed by atoms with E-state index in [0.29, 0.717) is 29.4 Å². The maximum absolute atomic E-state index is 6.09. The fraction of sp³-hybridized carbons (Fsp3) is 1.00. The van der Waals surface area contributed by atoms with Gasteiger partial charge < -0.3 is 0 Å². The standard InChI is InChI=1S/C15H29NO/c1-10-9-13-7-8-15(4,5)11(2)14(13)16(6)17-12(10)3/h10-14H,7-9H2,1-6H3. The Labute approximate surface area is 107 Å². The minimum atomic E-state index is 0.362. The summed E-state index contributed by atoms with van der Waals surface area (Å²) in [7, 11) is 2.14. The van der Waals surface area contributed by atoms with E-state index in [1.807, 2.05) is 0 Å². The highest BCUT2D eigenvalue weighted by atomic mass is 16.7. The Morgan fingerprint density at radius 3 is 2.47 bits per heavy atom. The lowest BCUT2D eigenvalue weighted by atomic mass is 9.62. The molecule has 2 nitrogen and oxygen atoms in total. The van der Waals surface area contributed by atoms with Crippen LogP contribution in [0.2, 0.25) is 0 Å². The predicted molar refractivity (Wildman–Crippen MR) is 71.5 cm³/mol. The molecule has 2 rings (SSSR count). The molecule has 0 N–H and O–H groups in total. The quantitative estimate of drug-likeness (QED) is 0.639. The van der Waals surface area contributed by atoms with Crippen LogP contribution in [0.3, 0.4) is 0 Å². The summed E-state index contributed by atoms with van der Waals surface area (Å²) in [5, 5.41) is 2.18. The second-order valence-corrected chi connectivity index (χ2v) is 7.14. The summed E-state index contributed by atoms with van der Waals surface area (Å²) in [4.78, 5) is 6.09. The number of rotatable bonds is 0. The molecule has 1 aliphatic heterocycles. The summed E-state index contributed by atoms with van der Waals surface area (Å²) in [5.74, 6) is 2.22. The first-order chi connectivity index (χ1) is 7.83. The number of hydrogen-bond acceptors (Lipinski definition) is 2. The molecule has 0 radical (unpaired) electrons. The Morgan fingerprint density at radius 2 is 1.82 bits per heavy atom. The van der Waals surface area contributed by atoms with Crippen molar-refractivity contribution in [2.75, 3.05) is 7.05 Å². The van der Waals surface area contributed by atoms with Gasteiger partial charge in [0, 0.05) is 13.1 Å². The van der Waals surface area contributed by atoms with Crippen LogP contribution in [-0.2, 0) is 4.84 Å². The van der Waals surface area contributed by atoms with Gasteiger partial charge in [-0.1, -0.05) is 27.7 Å². The first-order valence-corrected chi connectivity index (χ1v) is 7.22. The van der Waals surface area contributed by atoms with Gasteiger partial charge in [0.05, 0.1) is 6.10 Å². The van der Waals surface area contributed by atoms with E-state index < -0.39 is 0 Å². The second-order valence-electron chi connectivity index (χ2n) is 7.14. The maximum Gasteiger partial charge on any atom is 0.0790 e. The Hall–Kier alpha value is -0.0800. The van der Waals surface area contributed by atoms with Gasteiger partial charge in [-0.05, 0) is 49.4 Å². The average molecular weight is 239 g/mol. The van der Waals surface area contributed by atoms with Crippen LogP contribution in [-0.4, -0.2) is 24.3 Å². The van der Waals surface area contributed by atoms with Crippen LogP contribution in [0.4, 0.5) is 0 Å². The first kappa shape index (κ1) is 13.4. The van der Waals surface area contributed by atoms with E-state index in [1.165, 1.54) is 19.3 Å². The fourth-order valence-electron chi connectivity index (χ4n) is 3.80. The highest BCUT2D eigenvalue weighted by Gasteiger charge is 2.46. The number of fused-ring (bicyclic) bond motifs is 1. The molecule has 5 unspecified atom stereocenters. The zero-order valence-corrected chi connectivity index (χ0v) is 12.4. The van der Waals surface area contributed by atoms with Gasteiger partial charge in [0.2, 0.25) is 0 Å². The summed E-state index contributed by atoms with van der Waals surface area (Å²) >= 11 is 0. The van der Waals surface area contributed by atoms with Crippen molar-refractivity contribution in [1.29, 1.82) is 0 Å². The molecule has 100 valence electrons. The largest absolute Gasteiger partial charge is 0.296 e. The van der Waals surface area contributed by atoms with Gasteiger partial charge in [-0.15, -0.1) is 0 Å². The number of hydrogen-bond donors (Lipinski definition) is 0. The lowest BCUT2D eigenvalue weighted by molar-refractivity contribution is -0.224. The van der Waals surface area contributed by atoms with Crippen LogP contribution < -0.4 is 0 Å². The lowest BCUT2D eigenvalue weighted by Crippen LogP contribution is -2.50. The zero-order valence-electron chi connectivity index (χ0n) is 12.4. The van der Waals surface area contributed by atoms with Crippen molar-refractivity contribution in [1.82, 2.24) is 5.06 Å². The molecule has 0 bridgehead atoms. The molecule has 1 aliphatic carbocycles. The minimum Gasteiger partial charge on any atom is -0.296 e. The van der Waals surface area contributed by atoms with Crippen molar-refractivity contribution in [3.8, 4) is 0 Å². The highest BCUT2D eigenvalue weighted by molar-refractivity contribution is 4.95. The van der Waals surface area contributed by atoms with Gasteiger partial charge in [0.25, 0.3) is 0 Å². The summed E-state index contributed by atoms with van der Waals surface area (Å²) in [6.45, 7) is 11.8. The summed E-state index contributed by atoms with van der Waals surface area (Å²) in [5.41, 5.74) is 0.454. The number of hydroxylamine groups is 2. The van der Waals surface area contributed by atoms with Crippen molar-refractivity contribution in [3.63, 3.8) is 0 Å². The monoisotopic (exact) mass is 239 g/mol. The van der Waals surface area contributed by atoms with Crippen molar-refractivity contribution >= 4 is 0 Å². The van der Waals surface area contributed by atoms with Crippen molar-refractivity contribution < 1.29 is 4.84 Å². The molecule has 17 heavy (non-hydrogen) atoms. The van der Waals surface area contributed by atoms with E-state index in [-0.39, 0.29) is 0 Å². The Bertz CT molecular complexity index is 276. The normalized spacial score (nSPS) is 47.3. The summed E-state index contributed by atoms with van der Waals surface area (Å²) in [6.07, 6.45) is 4.43. The molecule has 0 spiro atoms. The predicted octanol–water partition coefficient (Wildman–Crippen LogP) is 3.72. The van der Waals surface area contributed by atoms with Crippen molar-refractivity contribution in [2.24, 2.45) is 23.2 Å². The minimum absolute atomic E-state index is 0.362. The summed E-state index contributed by atoms with van der Waals surface area (Å²) in [6, 6.07) is 0.603. The molecule has 0 aromatic rings. The molecule has 0 aromatic heterocycles. The van der Waals surface area contributed by atoms with Gasteiger partial charge >= 0.3 is 0 Å². The maximum atomic E-state index is 6.09. The molecular weight excluding hydrogens is 210 g/mol. The van der Waals surface area contributed by atoms with Crippen LogP contribution in [0.25, 0.3) is 0 Å². The van der Waals surface area contributed by atoms with Crippen LogP contribution >= 0.6 is 0 Å². The fourth-order valence-corrected chi connectivity index (χ4v) is 3.80. The van der Waals surface area contributed by atoms with Gasteiger partial charge in [-0.25, -0.2) is 0 Å². The molecule has 2 fully saturated rings. The number of nitrogens with zero attached hydrogens (tertiary/aromatic N) is 1. The van der Waals surface area contributed by atoms with E-state index in [4.69, 9.17) is 4.84 Å². The third-order valence-electron chi connectivity index (χ3n) is 5.62. The van der Waals surface area contributed by atoms with Gasteiger partial charge in [-0.2, -0.15) is 5.06 Å². The van der Waals surface area contributed by atoms with Crippen LogP contribution in [0, 0.1) is 23.2 Å². The molecule has 2 heteroatoms. The van der Waals surface area contributed by atoms with Crippen molar-refractivity contribution in [2.45, 2.75) is 66.0 Å². The highest BCUT2D eigenvalue weighted by Crippen LogP contribution is 2.48. The first-order valence-electron chi connectivity index (χ1n) is 7.22. The SMILES string of the molecule is CC1CC2CCC(C)(C)C(C)C2N(C)OC1C. The smallest absolute Gasteiger partial charge is 0.0790 e. The van der Waals surface area contributed by atoms with Gasteiger partial charge in [-0.3, -0.25) is 4.84 Å². The van der Waals surface area contributed by atoms with E-state index in [9.17, 15) is 0 Å². The third-order valence-corrected chi connectivity index (χ3v) is 5.62. The molecule has 5 atom stereocenters. The van der Waals surface area contributed by atoms with Crippen molar-refractivity contribution in [3.05, 3.63) is 0 Å². The van der Waals surface area contributed by atoms with Crippen LogP contribution in [0.15, 0.2) is 0 Å². The zero-order chi connectivity index (χ0) is 12.8. The molecule has 1 heterocycles. The van der Waals surface area contributed by atoms with E-state index in [2.05, 4.69) is 46.7 Å². The van der Waals surface area contributed by atoms with Crippen LogP contribution in [0.1, 0.15) is 53.9 Å². The molecule has 1 saturated heterocycles. The Balaban J connectivity index is 2.22. The molecule has 1 saturated carbocycles. The van der Waals surface area contributed by atoms with Crippen LogP contribution in [0.5, 0.6) is 0 Å². The van der Waals surface area contributed by atoms with E-state index >= 15 is 0 Å². The van der Waals surface area contributed by atoms with E-state index in [0.717, 1.165) is 5.92 Å². The topological polar surface area (TPSA) is 12.5 Å². The van der Waals surface area contributed by atoms with Gasteiger partial charge in [0.1, 0.15) is 0 Å². The Kier molecular flexibility index (Phi) is 3.57. The second kappa shape index (κ2) is 4.55. The third kappa shape index (κ3) is 2.39. The average Bonchev–Trinajstić information content (AvgIpc) is 2.33.